The summed E-state index contributed by atoms with van der Waals surface area (Å²) in [5, 5.41) is 3.09. The standard InChI is InChI=1S/C20H23NO3S/c1-14-5-4-6-17(13-14)20(11-12-20)19(22)21-15(2)16-7-9-18(10-8-16)25(3,23)24/h4-10,13,15H,11-12H2,1-3H3,(H,21,22). The Labute approximate surface area is 149 Å². The molecule has 1 unspecified atom stereocenters. The second-order valence-electron chi connectivity index (χ2n) is 6.99. The van der Waals surface area contributed by atoms with Gasteiger partial charge < -0.3 is 5.32 Å². The summed E-state index contributed by atoms with van der Waals surface area (Å²) < 4.78 is 23.1. The van der Waals surface area contributed by atoms with Crippen molar-refractivity contribution in [2.75, 3.05) is 6.26 Å². The van der Waals surface area contributed by atoms with Gasteiger partial charge in [0.15, 0.2) is 9.84 Å². The molecule has 2 aromatic carbocycles. The number of amides is 1. The molecule has 1 amide bonds. The van der Waals surface area contributed by atoms with Crippen LogP contribution in [-0.2, 0) is 20.0 Å². The number of nitrogens with one attached hydrogen (secondary N) is 1. The van der Waals surface area contributed by atoms with E-state index in [1.54, 1.807) is 24.3 Å². The average Bonchev–Trinajstić information content (AvgIpc) is 3.36. The van der Waals surface area contributed by atoms with Gasteiger partial charge in [0.1, 0.15) is 0 Å². The molecule has 1 aliphatic carbocycles. The third-order valence-electron chi connectivity index (χ3n) is 4.91. The van der Waals surface area contributed by atoms with Crippen molar-refractivity contribution in [1.29, 1.82) is 0 Å². The van der Waals surface area contributed by atoms with E-state index in [-0.39, 0.29) is 16.8 Å². The SMILES string of the molecule is Cc1cccc(C2(C(=O)NC(C)c3ccc(S(C)(=O)=O)cc3)CC2)c1. The van der Waals surface area contributed by atoms with Gasteiger partial charge in [-0.15, -0.1) is 0 Å². The molecule has 1 saturated carbocycles. The van der Waals surface area contributed by atoms with E-state index in [0.29, 0.717) is 0 Å². The molecule has 1 atom stereocenters. The number of hydrogen-bond acceptors (Lipinski definition) is 3. The first kappa shape index (κ1) is 17.7. The van der Waals surface area contributed by atoms with Crippen LogP contribution in [0.25, 0.3) is 0 Å². The number of carbonyl (C=O) groups excluding carboxylic acids is 1. The normalized spacial score (nSPS) is 16.9. The highest BCUT2D eigenvalue weighted by molar-refractivity contribution is 7.90. The van der Waals surface area contributed by atoms with E-state index in [0.717, 1.165) is 29.5 Å². The zero-order chi connectivity index (χ0) is 18.2. The minimum atomic E-state index is -3.21. The number of carbonyl (C=O) groups is 1. The molecular weight excluding hydrogens is 334 g/mol. The quantitative estimate of drug-likeness (QED) is 0.893. The van der Waals surface area contributed by atoms with Crippen LogP contribution < -0.4 is 5.32 Å². The van der Waals surface area contributed by atoms with E-state index in [1.807, 2.05) is 32.0 Å². The molecule has 0 saturated heterocycles. The van der Waals surface area contributed by atoms with Gasteiger partial charge in [-0.3, -0.25) is 4.79 Å². The fraction of sp³-hybridized carbons (Fsp3) is 0.350. The van der Waals surface area contributed by atoms with Crippen LogP contribution in [0.4, 0.5) is 0 Å². The molecule has 1 fully saturated rings. The van der Waals surface area contributed by atoms with Crippen molar-refractivity contribution in [1.82, 2.24) is 5.32 Å². The van der Waals surface area contributed by atoms with Gasteiger partial charge in [-0.2, -0.15) is 0 Å². The number of rotatable bonds is 5. The highest BCUT2D eigenvalue weighted by atomic mass is 32.2. The number of aryl methyl sites for hydroxylation is 1. The molecule has 0 aliphatic heterocycles. The molecule has 0 aromatic heterocycles. The molecular formula is C20H23NO3S. The average molecular weight is 357 g/mol. The topological polar surface area (TPSA) is 63.2 Å². The van der Waals surface area contributed by atoms with E-state index < -0.39 is 15.3 Å². The Morgan fingerprint density at radius 1 is 1.12 bits per heavy atom. The molecule has 132 valence electrons. The fourth-order valence-corrected chi connectivity index (χ4v) is 3.77. The van der Waals surface area contributed by atoms with Crippen LogP contribution in [-0.4, -0.2) is 20.6 Å². The summed E-state index contributed by atoms with van der Waals surface area (Å²) in [5.74, 6) is 0.0396. The van der Waals surface area contributed by atoms with Crippen molar-refractivity contribution >= 4 is 15.7 Å². The van der Waals surface area contributed by atoms with E-state index in [1.165, 1.54) is 6.26 Å². The smallest absolute Gasteiger partial charge is 0.231 e. The Kier molecular flexibility index (Phi) is 4.45. The van der Waals surface area contributed by atoms with E-state index in [4.69, 9.17) is 0 Å². The second kappa shape index (κ2) is 6.30. The summed E-state index contributed by atoms with van der Waals surface area (Å²) in [5.41, 5.74) is 2.71. The first-order valence-electron chi connectivity index (χ1n) is 8.40. The summed E-state index contributed by atoms with van der Waals surface area (Å²) in [6, 6.07) is 14.6. The van der Waals surface area contributed by atoms with Crippen molar-refractivity contribution in [2.45, 2.75) is 43.0 Å². The lowest BCUT2D eigenvalue weighted by Gasteiger charge is -2.21. The molecule has 1 N–H and O–H groups in total. The maximum Gasteiger partial charge on any atom is 0.231 e. The number of benzene rings is 2. The first-order chi connectivity index (χ1) is 11.7. The zero-order valence-corrected chi connectivity index (χ0v) is 15.6. The Morgan fingerprint density at radius 2 is 1.76 bits per heavy atom. The Bertz CT molecular complexity index is 897. The van der Waals surface area contributed by atoms with Crippen LogP contribution in [0.1, 0.15) is 42.5 Å². The predicted molar refractivity (Wildman–Crippen MR) is 98.2 cm³/mol. The minimum absolute atomic E-state index is 0.0396. The highest BCUT2D eigenvalue weighted by Crippen LogP contribution is 2.48. The first-order valence-corrected chi connectivity index (χ1v) is 10.3. The third-order valence-corrected chi connectivity index (χ3v) is 6.04. The predicted octanol–water partition coefficient (Wildman–Crippen LogP) is 3.31. The van der Waals surface area contributed by atoms with Crippen molar-refractivity contribution in [3.8, 4) is 0 Å². The molecule has 4 nitrogen and oxygen atoms in total. The molecule has 0 radical (unpaired) electrons. The summed E-state index contributed by atoms with van der Waals surface area (Å²) in [7, 11) is -3.21. The van der Waals surface area contributed by atoms with Gasteiger partial charge in [0.2, 0.25) is 5.91 Å². The fourth-order valence-electron chi connectivity index (χ4n) is 3.14. The summed E-state index contributed by atoms with van der Waals surface area (Å²) in [4.78, 5) is 13.1. The van der Waals surface area contributed by atoms with Crippen molar-refractivity contribution < 1.29 is 13.2 Å². The number of hydrogen-bond donors (Lipinski definition) is 1. The van der Waals surface area contributed by atoms with E-state index in [2.05, 4.69) is 11.4 Å². The Hall–Kier alpha value is -2.14. The third kappa shape index (κ3) is 3.61. The molecule has 0 spiro atoms. The maximum absolute atomic E-state index is 12.8. The lowest BCUT2D eigenvalue weighted by atomic mass is 9.93. The molecule has 25 heavy (non-hydrogen) atoms. The summed E-state index contributed by atoms with van der Waals surface area (Å²) >= 11 is 0. The van der Waals surface area contributed by atoms with Gasteiger partial charge in [0, 0.05) is 6.26 Å². The Morgan fingerprint density at radius 3 is 2.28 bits per heavy atom. The lowest BCUT2D eigenvalue weighted by molar-refractivity contribution is -0.124. The molecule has 3 rings (SSSR count). The van der Waals surface area contributed by atoms with Crippen LogP contribution in [0.5, 0.6) is 0 Å². The maximum atomic E-state index is 12.8. The lowest BCUT2D eigenvalue weighted by Crippen LogP contribution is -2.36. The largest absolute Gasteiger partial charge is 0.349 e. The van der Waals surface area contributed by atoms with Crippen LogP contribution in [0.15, 0.2) is 53.4 Å². The van der Waals surface area contributed by atoms with Crippen molar-refractivity contribution in [3.05, 3.63) is 65.2 Å². The highest BCUT2D eigenvalue weighted by Gasteiger charge is 2.51. The molecule has 5 heteroatoms. The van der Waals surface area contributed by atoms with E-state index >= 15 is 0 Å². The van der Waals surface area contributed by atoms with Gasteiger partial charge in [0.05, 0.1) is 16.4 Å². The zero-order valence-electron chi connectivity index (χ0n) is 14.7. The van der Waals surface area contributed by atoms with Crippen LogP contribution >= 0.6 is 0 Å². The Balaban J connectivity index is 1.75. The molecule has 0 heterocycles. The van der Waals surface area contributed by atoms with Gasteiger partial charge in [-0.25, -0.2) is 8.42 Å². The molecule has 0 bridgehead atoms. The molecule has 1 aliphatic rings. The van der Waals surface area contributed by atoms with Gasteiger partial charge in [0.25, 0.3) is 0 Å². The number of sulfone groups is 1. The summed E-state index contributed by atoms with van der Waals surface area (Å²) in [6.45, 7) is 3.95. The summed E-state index contributed by atoms with van der Waals surface area (Å²) in [6.07, 6.45) is 2.91. The van der Waals surface area contributed by atoms with Crippen LogP contribution in [0.3, 0.4) is 0 Å². The monoisotopic (exact) mass is 357 g/mol. The van der Waals surface area contributed by atoms with Gasteiger partial charge in [-0.05, 0) is 49.9 Å². The van der Waals surface area contributed by atoms with Crippen molar-refractivity contribution in [2.24, 2.45) is 0 Å². The van der Waals surface area contributed by atoms with Crippen molar-refractivity contribution in [3.63, 3.8) is 0 Å². The molecule has 2 aromatic rings. The van der Waals surface area contributed by atoms with Gasteiger partial charge >= 0.3 is 0 Å². The second-order valence-corrected chi connectivity index (χ2v) is 9.00. The van der Waals surface area contributed by atoms with Gasteiger partial charge in [-0.1, -0.05) is 42.0 Å². The van der Waals surface area contributed by atoms with Crippen LogP contribution in [0, 0.1) is 6.92 Å². The van der Waals surface area contributed by atoms with E-state index in [9.17, 15) is 13.2 Å². The van der Waals surface area contributed by atoms with Crippen LogP contribution in [0.2, 0.25) is 0 Å². The minimum Gasteiger partial charge on any atom is -0.349 e.